The summed E-state index contributed by atoms with van der Waals surface area (Å²) in [6.07, 6.45) is -4.84. The molecule has 0 saturated carbocycles. The van der Waals surface area contributed by atoms with E-state index >= 15 is 0 Å². The lowest BCUT2D eigenvalue weighted by Gasteiger charge is -2.19. The van der Waals surface area contributed by atoms with E-state index in [-0.39, 0.29) is 22.3 Å². The maximum atomic E-state index is 13.4. The van der Waals surface area contributed by atoms with Crippen molar-refractivity contribution < 1.29 is 23.1 Å². The predicted octanol–water partition coefficient (Wildman–Crippen LogP) is 5.76. The van der Waals surface area contributed by atoms with Crippen LogP contribution in [0.2, 0.25) is 10.0 Å². The van der Waals surface area contributed by atoms with Gasteiger partial charge in [0, 0.05) is 14.1 Å². The highest BCUT2D eigenvalue weighted by Crippen LogP contribution is 2.41. The van der Waals surface area contributed by atoms with Crippen LogP contribution in [-0.2, 0) is 6.18 Å². The van der Waals surface area contributed by atoms with Crippen LogP contribution in [0.3, 0.4) is 0 Å². The zero-order chi connectivity index (χ0) is 22.9. The van der Waals surface area contributed by atoms with Crippen molar-refractivity contribution in [2.24, 2.45) is 0 Å². The number of aromatic hydroxyl groups is 1. The van der Waals surface area contributed by atoms with Gasteiger partial charge in [0.2, 0.25) is 0 Å². The number of rotatable bonds is 5. The number of phenolic OH excluding ortho intramolecular Hbond substituents is 1. The molecule has 1 aromatic heterocycles. The molecule has 0 unspecified atom stereocenters. The lowest BCUT2D eigenvalue weighted by atomic mass is 10.0. The Morgan fingerprint density at radius 1 is 1.06 bits per heavy atom. The minimum absolute atomic E-state index is 0.0966. The van der Waals surface area contributed by atoms with Crippen molar-refractivity contribution in [3.63, 3.8) is 0 Å². The van der Waals surface area contributed by atoms with Crippen LogP contribution in [-0.4, -0.2) is 38.8 Å². The van der Waals surface area contributed by atoms with Crippen LogP contribution in [0.15, 0.2) is 30.3 Å². The third kappa shape index (κ3) is 4.78. The number of amides is 1. The number of benzene rings is 2. The average molecular weight is 492 g/mol. The first-order valence-corrected chi connectivity index (χ1v) is 9.94. The van der Waals surface area contributed by atoms with E-state index in [1.165, 1.54) is 14.1 Å². The topological polar surface area (TPSA) is 90.4 Å². The number of nitrogens with zero attached hydrogens (tertiary/aromatic N) is 3. The zero-order valence-electron chi connectivity index (χ0n) is 15.9. The predicted molar refractivity (Wildman–Crippen MR) is 114 cm³/mol. The van der Waals surface area contributed by atoms with E-state index in [2.05, 4.69) is 19.4 Å². The van der Waals surface area contributed by atoms with Gasteiger partial charge in [0.25, 0.3) is 5.91 Å². The van der Waals surface area contributed by atoms with Crippen LogP contribution >= 0.6 is 34.9 Å². The number of carbonyl (C=O) groups is 1. The maximum Gasteiger partial charge on any atom is 0.417 e. The van der Waals surface area contributed by atoms with Gasteiger partial charge in [-0.1, -0.05) is 29.3 Å². The highest BCUT2D eigenvalue weighted by molar-refractivity contribution is 6.99. The van der Waals surface area contributed by atoms with Crippen LogP contribution in [0.25, 0.3) is 0 Å². The van der Waals surface area contributed by atoms with E-state index in [0.29, 0.717) is 16.8 Å². The van der Waals surface area contributed by atoms with E-state index in [4.69, 9.17) is 23.2 Å². The van der Waals surface area contributed by atoms with E-state index in [9.17, 15) is 23.1 Å². The molecule has 3 aromatic rings. The van der Waals surface area contributed by atoms with Gasteiger partial charge in [-0.25, -0.2) is 0 Å². The Bertz CT molecular complexity index is 1140. The molecule has 7 nitrogen and oxygen atoms in total. The zero-order valence-corrected chi connectivity index (χ0v) is 18.2. The molecule has 164 valence electrons. The van der Waals surface area contributed by atoms with Gasteiger partial charge < -0.3 is 20.6 Å². The van der Waals surface area contributed by atoms with Gasteiger partial charge in [-0.3, -0.25) is 4.79 Å². The summed E-state index contributed by atoms with van der Waals surface area (Å²) in [4.78, 5) is 13.3. The first kappa shape index (κ1) is 22.9. The van der Waals surface area contributed by atoms with Crippen LogP contribution in [0.4, 0.5) is 36.2 Å². The second kappa shape index (κ2) is 8.77. The molecular formula is C18H14Cl2F3N5O2S. The molecule has 0 aliphatic carbocycles. The van der Waals surface area contributed by atoms with Gasteiger partial charge in [0.15, 0.2) is 17.4 Å². The number of carbonyl (C=O) groups excluding carboxylic acids is 1. The van der Waals surface area contributed by atoms with Gasteiger partial charge in [0.1, 0.15) is 0 Å². The van der Waals surface area contributed by atoms with Crippen molar-refractivity contribution in [2.75, 3.05) is 24.7 Å². The van der Waals surface area contributed by atoms with Gasteiger partial charge in [-0.15, -0.1) is 0 Å². The van der Waals surface area contributed by atoms with Crippen LogP contribution in [0, 0.1) is 0 Å². The Morgan fingerprint density at radius 3 is 2.26 bits per heavy atom. The highest BCUT2D eigenvalue weighted by atomic mass is 35.5. The Labute approximate surface area is 188 Å². The molecule has 13 heteroatoms. The summed E-state index contributed by atoms with van der Waals surface area (Å²) in [5.41, 5.74) is -1.87. The van der Waals surface area contributed by atoms with E-state index in [1.54, 1.807) is 18.2 Å². The van der Waals surface area contributed by atoms with Crippen LogP contribution in [0.5, 0.6) is 5.75 Å². The summed E-state index contributed by atoms with van der Waals surface area (Å²) in [5, 5.41) is 16.6. The summed E-state index contributed by atoms with van der Waals surface area (Å²) in [5.74, 6) is -1.59. The number of alkyl halides is 3. The second-order valence-electron chi connectivity index (χ2n) is 6.39. The molecule has 0 radical (unpaired) electrons. The van der Waals surface area contributed by atoms with Crippen molar-refractivity contribution in [3.8, 4) is 5.75 Å². The molecule has 31 heavy (non-hydrogen) atoms. The van der Waals surface area contributed by atoms with Crippen molar-refractivity contribution in [1.82, 2.24) is 13.6 Å². The number of halogens is 5. The minimum atomic E-state index is -4.84. The van der Waals surface area contributed by atoms with Gasteiger partial charge in [-0.2, -0.15) is 21.9 Å². The Kier molecular flexibility index (Phi) is 6.48. The third-order valence-electron chi connectivity index (χ3n) is 4.05. The number of hydrogen-bond donors (Lipinski definition) is 3. The Hall–Kier alpha value is -2.76. The molecule has 1 amide bonds. The maximum absolute atomic E-state index is 13.4. The molecule has 3 N–H and O–H groups in total. The molecule has 0 saturated heterocycles. The average Bonchev–Trinajstić information content (AvgIpc) is 3.12. The number of phenols is 1. The van der Waals surface area contributed by atoms with E-state index < -0.39 is 29.0 Å². The molecule has 2 aromatic carbocycles. The van der Waals surface area contributed by atoms with Crippen molar-refractivity contribution in [2.45, 2.75) is 6.18 Å². The van der Waals surface area contributed by atoms with Crippen molar-refractivity contribution >= 4 is 63.8 Å². The summed E-state index contributed by atoms with van der Waals surface area (Å²) in [7, 11) is 2.56. The molecule has 3 rings (SSSR count). The monoisotopic (exact) mass is 491 g/mol. The van der Waals surface area contributed by atoms with Gasteiger partial charge >= 0.3 is 6.18 Å². The molecular weight excluding hydrogens is 478 g/mol. The molecule has 0 fully saturated rings. The van der Waals surface area contributed by atoms with Crippen molar-refractivity contribution in [1.29, 1.82) is 0 Å². The van der Waals surface area contributed by atoms with E-state index in [0.717, 1.165) is 22.7 Å². The Balaban J connectivity index is 1.99. The fraction of sp³-hybridized carbons (Fsp3) is 0.167. The number of aromatic nitrogens is 2. The van der Waals surface area contributed by atoms with Crippen LogP contribution < -0.4 is 10.6 Å². The lowest BCUT2D eigenvalue weighted by molar-refractivity contribution is -0.138. The SMILES string of the molecule is CN(C)C(=O)c1c(C(F)(F)F)ccc(Nc2nsnc2Nc2cccc(Cl)c2Cl)c1O. The largest absolute Gasteiger partial charge is 0.505 e. The van der Waals surface area contributed by atoms with Gasteiger partial charge in [0.05, 0.1) is 44.3 Å². The first-order valence-electron chi connectivity index (χ1n) is 8.46. The third-order valence-corrected chi connectivity index (χ3v) is 5.40. The fourth-order valence-electron chi connectivity index (χ4n) is 2.58. The van der Waals surface area contributed by atoms with Crippen molar-refractivity contribution in [3.05, 3.63) is 51.5 Å². The minimum Gasteiger partial charge on any atom is -0.505 e. The second-order valence-corrected chi connectivity index (χ2v) is 7.71. The highest BCUT2D eigenvalue weighted by Gasteiger charge is 2.38. The number of nitrogens with one attached hydrogen (secondary N) is 2. The molecule has 0 atom stereocenters. The molecule has 1 heterocycles. The molecule has 0 bridgehead atoms. The fourth-order valence-corrected chi connectivity index (χ4v) is 3.39. The summed E-state index contributed by atoms with van der Waals surface area (Å²) in [6, 6.07) is 6.60. The number of hydrogen-bond acceptors (Lipinski definition) is 7. The van der Waals surface area contributed by atoms with E-state index in [1.807, 2.05) is 0 Å². The van der Waals surface area contributed by atoms with Gasteiger partial charge in [-0.05, 0) is 24.3 Å². The summed E-state index contributed by atoms with van der Waals surface area (Å²) < 4.78 is 48.2. The smallest absolute Gasteiger partial charge is 0.417 e. The molecule has 0 spiro atoms. The number of anilines is 4. The standard InChI is InChI=1S/C18H14Cl2F3N5O2S/c1-28(2)17(30)12-8(18(21,22)23)6-7-11(14(12)29)25-16-15(26-31-27-16)24-10-5-3-4-9(19)13(10)20/h3-7,29H,1-2H3,(H,24,26)(H,25,27). The summed E-state index contributed by atoms with van der Waals surface area (Å²) in [6.45, 7) is 0. The first-order chi connectivity index (χ1) is 14.5. The lowest BCUT2D eigenvalue weighted by Crippen LogP contribution is -2.25. The normalized spacial score (nSPS) is 11.3. The Morgan fingerprint density at radius 2 is 1.68 bits per heavy atom. The summed E-state index contributed by atoms with van der Waals surface area (Å²) >= 11 is 12.9. The van der Waals surface area contributed by atoms with Crippen LogP contribution in [0.1, 0.15) is 15.9 Å². The molecule has 0 aliphatic heterocycles. The quantitative estimate of drug-likeness (QED) is 0.393. The molecule has 0 aliphatic rings.